The van der Waals surface area contributed by atoms with E-state index < -0.39 is 0 Å². The summed E-state index contributed by atoms with van der Waals surface area (Å²) >= 11 is 0. The van der Waals surface area contributed by atoms with Gasteiger partial charge in [-0.25, -0.2) is 0 Å². The average molecular weight is 269 g/mol. The summed E-state index contributed by atoms with van der Waals surface area (Å²) in [5.74, 6) is 0.854. The van der Waals surface area contributed by atoms with Crippen molar-refractivity contribution in [3.63, 3.8) is 0 Å². The molecule has 0 radical (unpaired) electrons. The minimum Gasteiger partial charge on any atom is -0.371 e. The van der Waals surface area contributed by atoms with Crippen molar-refractivity contribution in [1.29, 1.82) is 0 Å². The Balaban J connectivity index is 2.05. The fourth-order valence-electron chi connectivity index (χ4n) is 3.06. The van der Waals surface area contributed by atoms with Gasteiger partial charge in [0.25, 0.3) is 0 Å². The van der Waals surface area contributed by atoms with E-state index in [4.69, 9.17) is 5.73 Å². The van der Waals surface area contributed by atoms with Gasteiger partial charge in [-0.15, -0.1) is 0 Å². The van der Waals surface area contributed by atoms with Gasteiger partial charge in [0, 0.05) is 36.8 Å². The molecule has 1 aromatic heterocycles. The number of para-hydroxylation sites is 1. The van der Waals surface area contributed by atoms with E-state index in [0.717, 1.165) is 30.1 Å². The monoisotopic (exact) mass is 269 g/mol. The fourth-order valence-corrected chi connectivity index (χ4v) is 3.06. The third-order valence-electron chi connectivity index (χ3n) is 4.44. The van der Waals surface area contributed by atoms with Gasteiger partial charge in [-0.2, -0.15) is 0 Å². The van der Waals surface area contributed by atoms with Gasteiger partial charge in [-0.3, -0.25) is 4.98 Å². The first-order valence-corrected chi connectivity index (χ1v) is 7.65. The van der Waals surface area contributed by atoms with Crippen LogP contribution in [-0.4, -0.2) is 18.1 Å². The van der Waals surface area contributed by atoms with E-state index in [2.05, 4.69) is 35.0 Å². The van der Waals surface area contributed by atoms with Gasteiger partial charge in [0.1, 0.15) is 0 Å². The van der Waals surface area contributed by atoms with E-state index in [1.807, 2.05) is 12.3 Å². The molecule has 3 heteroatoms. The average Bonchev–Trinajstić information content (AvgIpc) is 2.46. The lowest BCUT2D eigenvalue weighted by Crippen LogP contribution is -2.33. The highest BCUT2D eigenvalue weighted by atomic mass is 15.1. The summed E-state index contributed by atoms with van der Waals surface area (Å²) in [5, 5.41) is 1.23. The quantitative estimate of drug-likeness (QED) is 0.905. The van der Waals surface area contributed by atoms with Gasteiger partial charge in [0.2, 0.25) is 0 Å². The van der Waals surface area contributed by atoms with E-state index in [1.54, 1.807) is 0 Å². The number of hydrogen-bond donors (Lipinski definition) is 1. The van der Waals surface area contributed by atoms with Crippen molar-refractivity contribution in [3.05, 3.63) is 36.0 Å². The summed E-state index contributed by atoms with van der Waals surface area (Å²) in [7, 11) is 0. The molecule has 0 saturated heterocycles. The zero-order chi connectivity index (χ0) is 13.9. The second kappa shape index (κ2) is 5.80. The van der Waals surface area contributed by atoms with Crippen LogP contribution in [0.1, 0.15) is 31.7 Å². The van der Waals surface area contributed by atoms with Crippen LogP contribution < -0.4 is 10.6 Å². The number of pyridine rings is 1. The van der Waals surface area contributed by atoms with Crippen LogP contribution in [0, 0.1) is 5.92 Å². The number of nitrogens with two attached hydrogens (primary N) is 1. The van der Waals surface area contributed by atoms with Crippen LogP contribution in [0.4, 0.5) is 5.69 Å². The Morgan fingerprint density at radius 3 is 2.75 bits per heavy atom. The Kier molecular flexibility index (Phi) is 3.88. The smallest absolute Gasteiger partial charge is 0.0723 e. The van der Waals surface area contributed by atoms with E-state index in [0.29, 0.717) is 6.54 Å². The van der Waals surface area contributed by atoms with E-state index >= 15 is 0 Å². The third-order valence-corrected chi connectivity index (χ3v) is 4.44. The van der Waals surface area contributed by atoms with Crippen molar-refractivity contribution in [2.45, 2.75) is 32.7 Å². The summed E-state index contributed by atoms with van der Waals surface area (Å²) in [6.07, 6.45) is 6.08. The topological polar surface area (TPSA) is 42.1 Å². The fraction of sp³-hybridized carbons (Fsp3) is 0.471. The molecule has 0 bridgehead atoms. The third kappa shape index (κ3) is 2.38. The molecular weight excluding hydrogens is 246 g/mol. The largest absolute Gasteiger partial charge is 0.371 e. The summed E-state index contributed by atoms with van der Waals surface area (Å²) < 4.78 is 0. The first-order chi connectivity index (χ1) is 9.83. The predicted molar refractivity (Wildman–Crippen MR) is 84.9 cm³/mol. The van der Waals surface area contributed by atoms with E-state index in [9.17, 15) is 0 Å². The standard InChI is InChI=1S/C17H23N3/c1-2-20(12-13-6-5-7-13)17-14(10-18)11-19-16-9-4-3-8-15(16)17/h3-4,8-9,11,13H,2,5-7,10,12,18H2,1H3. The Labute approximate surface area is 120 Å². The number of anilines is 1. The maximum Gasteiger partial charge on any atom is 0.0723 e. The van der Waals surface area contributed by atoms with Crippen LogP contribution >= 0.6 is 0 Å². The van der Waals surface area contributed by atoms with Crippen LogP contribution in [0.2, 0.25) is 0 Å². The minimum atomic E-state index is 0.550. The van der Waals surface area contributed by atoms with Gasteiger partial charge in [0.05, 0.1) is 11.2 Å². The lowest BCUT2D eigenvalue weighted by molar-refractivity contribution is 0.318. The van der Waals surface area contributed by atoms with Gasteiger partial charge in [-0.05, 0) is 31.7 Å². The first kappa shape index (κ1) is 13.4. The Morgan fingerprint density at radius 2 is 2.10 bits per heavy atom. The highest BCUT2D eigenvalue weighted by Gasteiger charge is 2.22. The number of fused-ring (bicyclic) bond motifs is 1. The molecule has 20 heavy (non-hydrogen) atoms. The van der Waals surface area contributed by atoms with Crippen molar-refractivity contribution in [2.24, 2.45) is 11.7 Å². The van der Waals surface area contributed by atoms with Gasteiger partial charge in [0.15, 0.2) is 0 Å². The maximum atomic E-state index is 5.94. The lowest BCUT2D eigenvalue weighted by Gasteiger charge is -2.34. The summed E-state index contributed by atoms with van der Waals surface area (Å²) in [6, 6.07) is 8.38. The van der Waals surface area contributed by atoms with Gasteiger partial charge >= 0.3 is 0 Å². The molecule has 0 atom stereocenters. The van der Waals surface area contributed by atoms with Crippen LogP contribution in [-0.2, 0) is 6.54 Å². The molecular formula is C17H23N3. The number of aromatic nitrogens is 1. The molecule has 1 heterocycles. The molecule has 3 rings (SSSR count). The number of benzene rings is 1. The molecule has 106 valence electrons. The summed E-state index contributed by atoms with van der Waals surface area (Å²) in [5.41, 5.74) is 9.46. The van der Waals surface area contributed by atoms with Crippen LogP contribution in [0.25, 0.3) is 10.9 Å². The molecule has 2 N–H and O–H groups in total. The molecule has 2 aromatic rings. The maximum absolute atomic E-state index is 5.94. The van der Waals surface area contributed by atoms with E-state index in [-0.39, 0.29) is 0 Å². The normalized spacial score (nSPS) is 15.3. The van der Waals surface area contributed by atoms with Gasteiger partial charge < -0.3 is 10.6 Å². The number of nitrogens with zero attached hydrogens (tertiary/aromatic N) is 2. The van der Waals surface area contributed by atoms with Crippen molar-refractivity contribution >= 4 is 16.6 Å². The Bertz CT molecular complexity index is 590. The van der Waals surface area contributed by atoms with Crippen molar-refractivity contribution in [2.75, 3.05) is 18.0 Å². The van der Waals surface area contributed by atoms with Crippen LogP contribution in [0.15, 0.2) is 30.5 Å². The SMILES string of the molecule is CCN(CC1CCC1)c1c(CN)cnc2ccccc12. The zero-order valence-electron chi connectivity index (χ0n) is 12.2. The van der Waals surface area contributed by atoms with Crippen molar-refractivity contribution in [1.82, 2.24) is 4.98 Å². The molecule has 1 aliphatic rings. The van der Waals surface area contributed by atoms with Gasteiger partial charge in [-0.1, -0.05) is 24.6 Å². The van der Waals surface area contributed by atoms with Crippen LogP contribution in [0.5, 0.6) is 0 Å². The summed E-state index contributed by atoms with van der Waals surface area (Å²) in [4.78, 5) is 7.03. The molecule has 3 nitrogen and oxygen atoms in total. The minimum absolute atomic E-state index is 0.550. The lowest BCUT2D eigenvalue weighted by atomic mass is 9.85. The second-order valence-electron chi connectivity index (χ2n) is 5.69. The van der Waals surface area contributed by atoms with Crippen molar-refractivity contribution < 1.29 is 0 Å². The summed E-state index contributed by atoms with van der Waals surface area (Å²) in [6.45, 7) is 4.96. The molecule has 0 amide bonds. The zero-order valence-corrected chi connectivity index (χ0v) is 12.2. The van der Waals surface area contributed by atoms with E-state index in [1.165, 1.54) is 30.3 Å². The number of rotatable bonds is 5. The molecule has 1 aromatic carbocycles. The Morgan fingerprint density at radius 1 is 1.30 bits per heavy atom. The Hall–Kier alpha value is -1.61. The highest BCUT2D eigenvalue weighted by molar-refractivity contribution is 5.93. The molecule has 1 aliphatic carbocycles. The highest BCUT2D eigenvalue weighted by Crippen LogP contribution is 2.33. The first-order valence-electron chi connectivity index (χ1n) is 7.65. The molecule has 1 saturated carbocycles. The molecule has 1 fully saturated rings. The van der Waals surface area contributed by atoms with Crippen molar-refractivity contribution in [3.8, 4) is 0 Å². The predicted octanol–water partition coefficient (Wildman–Crippen LogP) is 3.32. The molecule has 0 aliphatic heterocycles. The van der Waals surface area contributed by atoms with Crippen LogP contribution in [0.3, 0.4) is 0 Å². The molecule has 0 spiro atoms. The second-order valence-corrected chi connectivity index (χ2v) is 5.69. The number of hydrogen-bond acceptors (Lipinski definition) is 3. The molecule has 0 unspecified atom stereocenters.